The van der Waals surface area contributed by atoms with E-state index in [0.29, 0.717) is 18.6 Å². The highest BCUT2D eigenvalue weighted by molar-refractivity contribution is 7.87. The van der Waals surface area contributed by atoms with Crippen molar-refractivity contribution in [3.8, 4) is 0 Å². The van der Waals surface area contributed by atoms with E-state index in [1.807, 2.05) is 12.1 Å². The van der Waals surface area contributed by atoms with Gasteiger partial charge >= 0.3 is 21.7 Å². The van der Waals surface area contributed by atoms with Gasteiger partial charge in [-0.1, -0.05) is 18.2 Å². The highest BCUT2D eigenvalue weighted by Gasteiger charge is 2.49. The van der Waals surface area contributed by atoms with Gasteiger partial charge in [-0.05, 0) is 54.4 Å². The summed E-state index contributed by atoms with van der Waals surface area (Å²) in [6, 6.07) is 5.65. The molecule has 10 heteroatoms. The number of alkyl carbamates (subject to hydrolysis) is 1. The number of alkyl halides is 3. The molecule has 0 unspecified atom stereocenters. The maximum absolute atomic E-state index is 12.5. The van der Waals surface area contributed by atoms with Crippen LogP contribution in [0.4, 0.5) is 18.0 Å². The van der Waals surface area contributed by atoms with Gasteiger partial charge in [0.2, 0.25) is 0 Å². The molecule has 1 heterocycles. The first-order chi connectivity index (χ1) is 13.1. The molecule has 1 aromatic rings. The van der Waals surface area contributed by atoms with Crippen LogP contribution in [0.15, 0.2) is 24.0 Å². The van der Waals surface area contributed by atoms with Crippen LogP contribution < -0.4 is 5.32 Å². The van der Waals surface area contributed by atoms with Crippen LogP contribution in [0, 0.1) is 0 Å². The molecule has 2 aliphatic carbocycles. The molecule has 6 nitrogen and oxygen atoms in total. The van der Waals surface area contributed by atoms with E-state index in [1.54, 1.807) is 6.07 Å². The van der Waals surface area contributed by atoms with Crippen LogP contribution in [0.2, 0.25) is 0 Å². The standard InChI is InChI=1S/C18H18F3NO5S/c19-18(20,21)28(24,25)27-15-4-3-11-7-12(1-2-13(11)8-15)14-5-6-17(9-14)10-26-16(23)22-17/h1-2,7-8,14H,3-6,9-10H2,(H,22,23)/t14-,17+/m0/s1. The van der Waals surface area contributed by atoms with Gasteiger partial charge < -0.3 is 14.2 Å². The third-order valence-electron chi connectivity index (χ3n) is 5.55. The average molecular weight is 417 g/mol. The Morgan fingerprint density at radius 2 is 2.04 bits per heavy atom. The Labute approximate surface area is 159 Å². The Balaban J connectivity index is 1.50. The minimum absolute atomic E-state index is 0.0737. The molecule has 0 radical (unpaired) electrons. The molecule has 1 aromatic carbocycles. The lowest BCUT2D eigenvalue weighted by molar-refractivity contribution is -0.0522. The molecule has 4 rings (SSSR count). The first kappa shape index (κ1) is 19.1. The molecule has 1 spiro atoms. The van der Waals surface area contributed by atoms with E-state index in [-0.39, 0.29) is 23.6 Å². The van der Waals surface area contributed by atoms with Crippen LogP contribution >= 0.6 is 0 Å². The second kappa shape index (κ2) is 6.40. The Kier molecular flexibility index (Phi) is 4.36. The van der Waals surface area contributed by atoms with Gasteiger partial charge in [-0.15, -0.1) is 0 Å². The van der Waals surface area contributed by atoms with Crippen LogP contribution in [-0.4, -0.2) is 32.2 Å². The van der Waals surface area contributed by atoms with Crippen molar-refractivity contribution in [3.05, 3.63) is 40.6 Å². The number of cyclic esters (lactones) is 1. The van der Waals surface area contributed by atoms with Gasteiger partial charge in [0.25, 0.3) is 0 Å². The van der Waals surface area contributed by atoms with Gasteiger partial charge in [-0.2, -0.15) is 21.6 Å². The highest BCUT2D eigenvalue weighted by Crippen LogP contribution is 2.43. The number of amides is 1. The van der Waals surface area contributed by atoms with Gasteiger partial charge in [0.15, 0.2) is 0 Å². The van der Waals surface area contributed by atoms with Crippen LogP contribution in [0.3, 0.4) is 0 Å². The predicted molar refractivity (Wildman–Crippen MR) is 92.6 cm³/mol. The van der Waals surface area contributed by atoms with Gasteiger partial charge in [0.05, 0.1) is 5.54 Å². The highest BCUT2D eigenvalue weighted by atomic mass is 32.2. The molecule has 1 amide bonds. The largest absolute Gasteiger partial charge is 0.534 e. The number of ether oxygens (including phenoxy) is 1. The molecule has 28 heavy (non-hydrogen) atoms. The van der Waals surface area contributed by atoms with Gasteiger partial charge in [0.1, 0.15) is 12.4 Å². The number of nitrogens with one attached hydrogen (secondary N) is 1. The van der Waals surface area contributed by atoms with Crippen LogP contribution in [-0.2, 0) is 25.5 Å². The summed E-state index contributed by atoms with van der Waals surface area (Å²) in [5, 5.41) is 2.89. The molecule has 2 fully saturated rings. The van der Waals surface area contributed by atoms with Crippen LogP contribution in [0.25, 0.3) is 6.08 Å². The Morgan fingerprint density at radius 3 is 2.71 bits per heavy atom. The second-order valence-electron chi connectivity index (χ2n) is 7.47. The number of carbonyl (C=O) groups excluding carboxylic acids is 1. The van der Waals surface area contributed by atoms with E-state index in [4.69, 9.17) is 4.74 Å². The monoisotopic (exact) mass is 417 g/mol. The lowest BCUT2D eigenvalue weighted by Crippen LogP contribution is -2.40. The number of aryl methyl sites for hydroxylation is 1. The number of carbonyl (C=O) groups is 1. The zero-order valence-electron chi connectivity index (χ0n) is 14.7. The third-order valence-corrected chi connectivity index (χ3v) is 6.55. The fraction of sp³-hybridized carbons (Fsp3) is 0.500. The fourth-order valence-electron chi connectivity index (χ4n) is 4.14. The van der Waals surface area contributed by atoms with Crippen molar-refractivity contribution in [1.82, 2.24) is 5.32 Å². The first-order valence-electron chi connectivity index (χ1n) is 8.86. The van der Waals surface area contributed by atoms with Crippen molar-refractivity contribution in [3.63, 3.8) is 0 Å². The quantitative estimate of drug-likeness (QED) is 0.601. The van der Waals surface area contributed by atoms with E-state index >= 15 is 0 Å². The van der Waals surface area contributed by atoms with Crippen molar-refractivity contribution < 1.29 is 35.3 Å². The Bertz CT molecular complexity index is 956. The normalized spacial score (nSPS) is 27.2. The molecule has 0 aromatic heterocycles. The van der Waals surface area contributed by atoms with Crippen LogP contribution in [0.1, 0.15) is 48.3 Å². The SMILES string of the molecule is O=C1N[C@@]2(CC[C@H](c3ccc4c(c3)CCC(OS(=O)(=O)C(F)(F)F)=C4)C2)CO1. The molecular weight excluding hydrogens is 399 g/mol. The third kappa shape index (κ3) is 3.45. The van der Waals surface area contributed by atoms with Gasteiger partial charge in [-0.25, -0.2) is 4.79 Å². The molecule has 1 N–H and O–H groups in total. The molecule has 1 aliphatic heterocycles. The van der Waals surface area contributed by atoms with Crippen molar-refractivity contribution >= 4 is 22.3 Å². The van der Waals surface area contributed by atoms with Crippen molar-refractivity contribution in [2.24, 2.45) is 0 Å². The Hall–Kier alpha value is -2.23. The van der Waals surface area contributed by atoms with Gasteiger partial charge in [0, 0.05) is 6.42 Å². The van der Waals surface area contributed by atoms with Crippen LogP contribution in [0.5, 0.6) is 0 Å². The number of hydrogen-bond donors (Lipinski definition) is 1. The van der Waals surface area contributed by atoms with Crippen molar-refractivity contribution in [2.45, 2.75) is 49.1 Å². The Morgan fingerprint density at radius 1 is 1.25 bits per heavy atom. The predicted octanol–water partition coefficient (Wildman–Crippen LogP) is 3.59. The number of fused-ring (bicyclic) bond motifs is 1. The summed E-state index contributed by atoms with van der Waals surface area (Å²) in [7, 11) is -5.65. The lowest BCUT2D eigenvalue weighted by Gasteiger charge is -2.22. The number of hydrogen-bond acceptors (Lipinski definition) is 5. The van der Waals surface area contributed by atoms with E-state index in [2.05, 4.69) is 9.50 Å². The molecular formula is C18H18F3NO5S. The minimum Gasteiger partial charge on any atom is -0.447 e. The summed E-state index contributed by atoms with van der Waals surface area (Å²) >= 11 is 0. The van der Waals surface area contributed by atoms with Crippen molar-refractivity contribution in [1.29, 1.82) is 0 Å². The topological polar surface area (TPSA) is 81.7 Å². The molecule has 1 saturated heterocycles. The zero-order valence-corrected chi connectivity index (χ0v) is 15.5. The summed E-state index contributed by atoms with van der Waals surface area (Å²) in [4.78, 5) is 11.4. The maximum Gasteiger partial charge on any atom is 0.534 e. The van der Waals surface area contributed by atoms with Gasteiger partial charge in [-0.3, -0.25) is 0 Å². The van der Waals surface area contributed by atoms with E-state index < -0.39 is 21.7 Å². The number of benzene rings is 1. The molecule has 0 bridgehead atoms. The summed E-state index contributed by atoms with van der Waals surface area (Å²) in [6.07, 6.45) is 3.91. The smallest absolute Gasteiger partial charge is 0.447 e. The van der Waals surface area contributed by atoms with Crippen molar-refractivity contribution in [2.75, 3.05) is 6.61 Å². The van der Waals surface area contributed by atoms with E-state index in [0.717, 1.165) is 30.4 Å². The molecule has 1 saturated carbocycles. The lowest BCUT2D eigenvalue weighted by atomic mass is 9.88. The number of allylic oxidation sites excluding steroid dienone is 1. The number of rotatable bonds is 3. The number of halogens is 3. The maximum atomic E-state index is 12.5. The summed E-state index contributed by atoms with van der Waals surface area (Å²) < 4.78 is 69.1. The van der Waals surface area contributed by atoms with E-state index in [1.165, 1.54) is 6.08 Å². The summed E-state index contributed by atoms with van der Waals surface area (Å²) in [5.74, 6) is 0.0303. The minimum atomic E-state index is -5.65. The zero-order chi connectivity index (χ0) is 20.2. The molecule has 2 atom stereocenters. The second-order valence-corrected chi connectivity index (χ2v) is 9.01. The summed E-state index contributed by atoms with van der Waals surface area (Å²) in [6.45, 7) is 0.365. The average Bonchev–Trinajstić information content (AvgIpc) is 3.19. The fourth-order valence-corrected chi connectivity index (χ4v) is 4.65. The summed E-state index contributed by atoms with van der Waals surface area (Å²) in [5.41, 5.74) is -3.09. The first-order valence-corrected chi connectivity index (χ1v) is 10.3. The molecule has 3 aliphatic rings. The molecule has 152 valence electrons. The van der Waals surface area contributed by atoms with E-state index in [9.17, 15) is 26.4 Å².